The summed E-state index contributed by atoms with van der Waals surface area (Å²) in [6, 6.07) is 9.54. The van der Waals surface area contributed by atoms with Crippen molar-refractivity contribution in [1.29, 1.82) is 0 Å². The lowest BCUT2D eigenvalue weighted by molar-refractivity contribution is -0.157. The number of amides is 3. The summed E-state index contributed by atoms with van der Waals surface area (Å²) in [5.74, 6) is -1.43. The van der Waals surface area contributed by atoms with Crippen LogP contribution < -0.4 is 5.32 Å². The van der Waals surface area contributed by atoms with Gasteiger partial charge in [0.15, 0.2) is 0 Å². The molecule has 1 aromatic carbocycles. The number of nitrogens with zero attached hydrogens (tertiary/aromatic N) is 2. The highest BCUT2D eigenvalue weighted by atomic mass is 16.5. The summed E-state index contributed by atoms with van der Waals surface area (Å²) in [5, 5.41) is 2.78. The van der Waals surface area contributed by atoms with E-state index in [1.807, 2.05) is 30.3 Å². The smallest absolute Gasteiger partial charge is 0.312 e. The lowest BCUT2D eigenvalue weighted by atomic mass is 10.2. The minimum atomic E-state index is -0.616. The molecule has 3 amide bonds. The van der Waals surface area contributed by atoms with Crippen LogP contribution in [0.4, 0.5) is 0 Å². The van der Waals surface area contributed by atoms with Crippen molar-refractivity contribution in [1.82, 2.24) is 15.1 Å². The van der Waals surface area contributed by atoms with Crippen LogP contribution in [0.25, 0.3) is 0 Å². The normalized spacial score (nSPS) is 20.9. The Morgan fingerprint density at radius 2 is 1.84 bits per heavy atom. The molecule has 2 aliphatic rings. The fourth-order valence-electron chi connectivity index (χ4n) is 3.08. The van der Waals surface area contributed by atoms with Crippen molar-refractivity contribution in [3.8, 4) is 0 Å². The van der Waals surface area contributed by atoms with Crippen molar-refractivity contribution in [3.63, 3.8) is 0 Å². The Kier molecular flexibility index (Phi) is 5.65. The lowest BCUT2D eigenvalue weighted by Crippen LogP contribution is -2.56. The topological polar surface area (TPSA) is 79.0 Å². The van der Waals surface area contributed by atoms with Crippen LogP contribution in [0.1, 0.15) is 18.4 Å². The molecule has 7 heteroatoms. The van der Waals surface area contributed by atoms with Gasteiger partial charge in [-0.1, -0.05) is 30.3 Å². The van der Waals surface area contributed by atoms with Gasteiger partial charge in [-0.15, -0.1) is 0 Å². The van der Waals surface area contributed by atoms with Gasteiger partial charge in [-0.2, -0.15) is 0 Å². The highest BCUT2D eigenvalue weighted by molar-refractivity contribution is 6.35. The molecule has 0 saturated carbocycles. The van der Waals surface area contributed by atoms with E-state index in [2.05, 4.69) is 5.32 Å². The molecule has 0 radical (unpaired) electrons. The summed E-state index contributed by atoms with van der Waals surface area (Å²) < 4.78 is 5.45. The van der Waals surface area contributed by atoms with Crippen molar-refractivity contribution < 1.29 is 19.1 Å². The quantitative estimate of drug-likeness (QED) is 0.745. The van der Waals surface area contributed by atoms with E-state index >= 15 is 0 Å². The van der Waals surface area contributed by atoms with Gasteiger partial charge in [-0.25, -0.2) is 0 Å². The number of carbonyl (C=O) groups is 3. The number of hydrogen-bond donors (Lipinski definition) is 1. The predicted molar refractivity (Wildman–Crippen MR) is 90.4 cm³/mol. The van der Waals surface area contributed by atoms with Gasteiger partial charge in [0.2, 0.25) is 5.91 Å². The van der Waals surface area contributed by atoms with Crippen LogP contribution in [0, 0.1) is 0 Å². The first-order valence-electron chi connectivity index (χ1n) is 8.64. The van der Waals surface area contributed by atoms with Crippen LogP contribution >= 0.6 is 0 Å². The zero-order valence-corrected chi connectivity index (χ0v) is 14.1. The van der Waals surface area contributed by atoms with Crippen LogP contribution in [0.15, 0.2) is 30.3 Å². The molecule has 0 aliphatic carbocycles. The van der Waals surface area contributed by atoms with Gasteiger partial charge >= 0.3 is 11.8 Å². The number of benzene rings is 1. The van der Waals surface area contributed by atoms with Crippen molar-refractivity contribution in [2.75, 3.05) is 32.8 Å². The van der Waals surface area contributed by atoms with Crippen LogP contribution in [0.3, 0.4) is 0 Å². The van der Waals surface area contributed by atoms with E-state index in [4.69, 9.17) is 4.74 Å². The maximum atomic E-state index is 12.3. The zero-order valence-electron chi connectivity index (χ0n) is 14.1. The molecule has 1 atom stereocenters. The number of nitrogens with one attached hydrogen (secondary N) is 1. The molecule has 1 aromatic rings. The standard InChI is InChI=1S/C18H23N3O4/c22-16(19-11-15-7-4-10-25-15)13-21-9-8-20(17(23)18(21)24)12-14-5-2-1-3-6-14/h1-3,5-6,15H,4,7-13H2,(H,19,22). The number of carbonyl (C=O) groups excluding carboxylic acids is 3. The monoisotopic (exact) mass is 345 g/mol. The molecule has 134 valence electrons. The zero-order chi connectivity index (χ0) is 17.6. The van der Waals surface area contributed by atoms with Gasteiger partial charge in [-0.05, 0) is 18.4 Å². The number of hydrogen-bond acceptors (Lipinski definition) is 4. The van der Waals surface area contributed by atoms with Gasteiger partial charge < -0.3 is 19.9 Å². The van der Waals surface area contributed by atoms with Crippen LogP contribution in [-0.4, -0.2) is 66.4 Å². The second-order valence-corrected chi connectivity index (χ2v) is 6.38. The Morgan fingerprint density at radius 3 is 2.56 bits per heavy atom. The molecule has 2 saturated heterocycles. The fraction of sp³-hybridized carbons (Fsp3) is 0.500. The summed E-state index contributed by atoms with van der Waals surface area (Å²) in [7, 11) is 0. The molecule has 1 N–H and O–H groups in total. The van der Waals surface area contributed by atoms with Gasteiger partial charge in [0.05, 0.1) is 6.10 Å². The molecule has 0 bridgehead atoms. The minimum Gasteiger partial charge on any atom is -0.376 e. The molecular formula is C18H23N3O4. The number of piperazine rings is 1. The van der Waals surface area contributed by atoms with Crippen molar-refractivity contribution in [3.05, 3.63) is 35.9 Å². The Bertz CT molecular complexity index is 628. The maximum Gasteiger partial charge on any atom is 0.312 e. The van der Waals surface area contributed by atoms with Crippen molar-refractivity contribution >= 4 is 17.7 Å². The molecule has 1 unspecified atom stereocenters. The average Bonchev–Trinajstić information content (AvgIpc) is 3.14. The molecule has 7 nitrogen and oxygen atoms in total. The SMILES string of the molecule is O=C(CN1CCN(Cc2ccccc2)C(=O)C1=O)NCC1CCCO1. The molecule has 25 heavy (non-hydrogen) atoms. The van der Waals surface area contributed by atoms with E-state index in [1.54, 1.807) is 0 Å². The predicted octanol–water partition coefficient (Wildman–Crippen LogP) is 0.153. The van der Waals surface area contributed by atoms with E-state index in [-0.39, 0.29) is 18.6 Å². The molecule has 0 spiro atoms. The first kappa shape index (κ1) is 17.4. The van der Waals surface area contributed by atoms with Crippen molar-refractivity contribution in [2.24, 2.45) is 0 Å². The van der Waals surface area contributed by atoms with Gasteiger partial charge in [0.25, 0.3) is 0 Å². The maximum absolute atomic E-state index is 12.3. The molecule has 2 heterocycles. The Labute approximate surface area is 146 Å². The lowest BCUT2D eigenvalue weighted by Gasteiger charge is -2.33. The summed E-state index contributed by atoms with van der Waals surface area (Å²) in [4.78, 5) is 39.4. The van der Waals surface area contributed by atoms with Crippen LogP contribution in [0.5, 0.6) is 0 Å². The minimum absolute atomic E-state index is 0.0593. The summed E-state index contributed by atoms with van der Waals surface area (Å²) in [6.45, 7) is 2.30. The highest BCUT2D eigenvalue weighted by Crippen LogP contribution is 2.12. The molecule has 0 aromatic heterocycles. The number of rotatable bonds is 6. The molecular weight excluding hydrogens is 322 g/mol. The average molecular weight is 345 g/mol. The van der Waals surface area contributed by atoms with Crippen molar-refractivity contribution in [2.45, 2.75) is 25.5 Å². The Morgan fingerprint density at radius 1 is 1.12 bits per heavy atom. The van der Waals surface area contributed by atoms with E-state index < -0.39 is 11.8 Å². The van der Waals surface area contributed by atoms with E-state index in [0.717, 1.165) is 25.0 Å². The van der Waals surface area contributed by atoms with Gasteiger partial charge in [-0.3, -0.25) is 14.4 Å². The third-order valence-electron chi connectivity index (χ3n) is 4.50. The van der Waals surface area contributed by atoms with Crippen LogP contribution in [-0.2, 0) is 25.7 Å². The third-order valence-corrected chi connectivity index (χ3v) is 4.50. The second-order valence-electron chi connectivity index (χ2n) is 6.38. The van der Waals surface area contributed by atoms with E-state index in [0.29, 0.717) is 26.2 Å². The fourth-order valence-corrected chi connectivity index (χ4v) is 3.08. The third kappa shape index (κ3) is 4.57. The highest BCUT2D eigenvalue weighted by Gasteiger charge is 2.33. The Balaban J connectivity index is 1.47. The van der Waals surface area contributed by atoms with Gasteiger partial charge in [0.1, 0.15) is 6.54 Å². The first-order valence-corrected chi connectivity index (χ1v) is 8.64. The van der Waals surface area contributed by atoms with E-state index in [1.165, 1.54) is 9.80 Å². The van der Waals surface area contributed by atoms with Crippen LogP contribution in [0.2, 0.25) is 0 Å². The molecule has 3 rings (SSSR count). The second kappa shape index (κ2) is 8.11. The molecule has 2 aliphatic heterocycles. The summed E-state index contributed by atoms with van der Waals surface area (Å²) in [6.07, 6.45) is 2.01. The Hall–Kier alpha value is -2.41. The summed E-state index contributed by atoms with van der Waals surface area (Å²) in [5.41, 5.74) is 0.978. The van der Waals surface area contributed by atoms with E-state index in [9.17, 15) is 14.4 Å². The number of ether oxygens (including phenoxy) is 1. The summed E-state index contributed by atoms with van der Waals surface area (Å²) >= 11 is 0. The largest absolute Gasteiger partial charge is 0.376 e. The molecule has 2 fully saturated rings. The first-order chi connectivity index (χ1) is 12.1. The van der Waals surface area contributed by atoms with Gasteiger partial charge in [0, 0.05) is 32.8 Å².